The van der Waals surface area contributed by atoms with E-state index in [0.717, 1.165) is 5.39 Å². The fourth-order valence-electron chi connectivity index (χ4n) is 1.89. The number of benzene rings is 1. The first-order chi connectivity index (χ1) is 8.69. The zero-order chi connectivity index (χ0) is 13.1. The van der Waals surface area contributed by atoms with Crippen LogP contribution in [0.15, 0.2) is 35.3 Å². The molecule has 0 fully saturated rings. The molecule has 2 aromatic rings. The molecule has 0 aliphatic heterocycles. The third kappa shape index (κ3) is 1.98. The molecule has 0 aliphatic carbocycles. The molecule has 1 aromatic heterocycles. The molecule has 2 rings (SSSR count). The van der Waals surface area contributed by atoms with Crippen molar-refractivity contribution >= 4 is 16.7 Å². The van der Waals surface area contributed by atoms with Crippen LogP contribution < -0.4 is 16.8 Å². The summed E-state index contributed by atoms with van der Waals surface area (Å²) in [5, 5.41) is 5.32. The predicted octanol–water partition coefficient (Wildman–Crippen LogP) is 0.338. The van der Waals surface area contributed by atoms with Gasteiger partial charge in [0.05, 0.1) is 11.6 Å². The third-order valence-corrected chi connectivity index (χ3v) is 2.85. The lowest BCUT2D eigenvalue weighted by molar-refractivity contribution is -0.124. The second-order valence-corrected chi connectivity index (χ2v) is 3.91. The minimum atomic E-state index is -0.688. The topological polar surface area (TPSA) is 90.0 Å². The monoisotopic (exact) mass is 246 g/mol. The highest BCUT2D eigenvalue weighted by molar-refractivity contribution is 5.82. The van der Waals surface area contributed by atoms with Crippen LogP contribution in [0.4, 0.5) is 0 Å². The largest absolute Gasteiger partial charge is 0.292 e. The first-order valence-electron chi connectivity index (χ1n) is 5.66. The summed E-state index contributed by atoms with van der Waals surface area (Å²) in [6.07, 6.45) is 2.01. The number of hydrazine groups is 1. The number of rotatable bonds is 3. The smallest absolute Gasteiger partial charge is 0.275 e. The van der Waals surface area contributed by atoms with E-state index < -0.39 is 11.9 Å². The number of amides is 1. The van der Waals surface area contributed by atoms with Gasteiger partial charge in [0.25, 0.3) is 11.5 Å². The summed E-state index contributed by atoms with van der Waals surface area (Å²) >= 11 is 0. The van der Waals surface area contributed by atoms with Crippen LogP contribution in [0, 0.1) is 0 Å². The van der Waals surface area contributed by atoms with E-state index in [9.17, 15) is 9.59 Å². The van der Waals surface area contributed by atoms with E-state index in [4.69, 9.17) is 5.84 Å². The minimum Gasteiger partial charge on any atom is -0.292 e. The molecule has 0 radical (unpaired) electrons. The maximum atomic E-state index is 12.2. The van der Waals surface area contributed by atoms with Gasteiger partial charge in [-0.3, -0.25) is 15.0 Å². The second kappa shape index (κ2) is 4.97. The first-order valence-corrected chi connectivity index (χ1v) is 5.66. The molecule has 6 nitrogen and oxygen atoms in total. The van der Waals surface area contributed by atoms with Crippen molar-refractivity contribution in [2.75, 3.05) is 0 Å². The summed E-state index contributed by atoms with van der Waals surface area (Å²) in [7, 11) is 0. The van der Waals surface area contributed by atoms with Gasteiger partial charge in [-0.2, -0.15) is 5.10 Å². The zero-order valence-electron chi connectivity index (χ0n) is 9.96. The number of nitrogens with zero attached hydrogens (tertiary/aromatic N) is 2. The molecule has 18 heavy (non-hydrogen) atoms. The van der Waals surface area contributed by atoms with Crippen LogP contribution in [0.2, 0.25) is 0 Å². The summed E-state index contributed by atoms with van der Waals surface area (Å²) < 4.78 is 1.17. The predicted molar refractivity (Wildman–Crippen MR) is 67.7 cm³/mol. The Labute approximate surface area is 103 Å². The molecule has 3 N–H and O–H groups in total. The van der Waals surface area contributed by atoms with Crippen molar-refractivity contribution in [1.29, 1.82) is 0 Å². The van der Waals surface area contributed by atoms with E-state index in [1.807, 2.05) is 6.07 Å². The Morgan fingerprint density at radius 3 is 2.89 bits per heavy atom. The van der Waals surface area contributed by atoms with Crippen molar-refractivity contribution in [2.45, 2.75) is 19.4 Å². The molecular formula is C12H14N4O2. The molecule has 0 bridgehead atoms. The Morgan fingerprint density at radius 2 is 2.22 bits per heavy atom. The highest BCUT2D eigenvalue weighted by Crippen LogP contribution is 2.11. The van der Waals surface area contributed by atoms with Gasteiger partial charge in [-0.25, -0.2) is 10.5 Å². The highest BCUT2D eigenvalue weighted by atomic mass is 16.2. The zero-order valence-corrected chi connectivity index (χ0v) is 9.96. The number of fused-ring (bicyclic) bond motifs is 1. The number of nitrogens with two attached hydrogens (primary N) is 1. The molecule has 94 valence electrons. The average molecular weight is 246 g/mol. The molecule has 0 saturated carbocycles. The summed E-state index contributed by atoms with van der Waals surface area (Å²) in [5.74, 6) is 4.68. The van der Waals surface area contributed by atoms with Crippen molar-refractivity contribution in [1.82, 2.24) is 15.2 Å². The van der Waals surface area contributed by atoms with Gasteiger partial charge < -0.3 is 0 Å². The van der Waals surface area contributed by atoms with Crippen LogP contribution in [-0.4, -0.2) is 15.7 Å². The van der Waals surface area contributed by atoms with Crippen molar-refractivity contribution < 1.29 is 4.79 Å². The lowest BCUT2D eigenvalue weighted by Crippen LogP contribution is -2.41. The van der Waals surface area contributed by atoms with Crippen LogP contribution in [0.5, 0.6) is 0 Å². The fraction of sp³-hybridized carbons (Fsp3) is 0.250. The van der Waals surface area contributed by atoms with Gasteiger partial charge in [0, 0.05) is 5.39 Å². The SMILES string of the molecule is CCC(C(=O)NN)n1ncc2ccccc2c1=O. The van der Waals surface area contributed by atoms with Crippen LogP contribution in [0.1, 0.15) is 19.4 Å². The molecule has 1 amide bonds. The van der Waals surface area contributed by atoms with Crippen molar-refractivity contribution in [3.05, 3.63) is 40.8 Å². The number of hydrogen-bond acceptors (Lipinski definition) is 4. The Bertz CT molecular complexity index is 635. The molecule has 0 spiro atoms. The lowest BCUT2D eigenvalue weighted by atomic mass is 10.2. The molecule has 1 heterocycles. The summed E-state index contributed by atoms with van der Waals surface area (Å²) in [4.78, 5) is 23.8. The van der Waals surface area contributed by atoms with Crippen LogP contribution in [-0.2, 0) is 4.79 Å². The fourth-order valence-corrected chi connectivity index (χ4v) is 1.89. The first kappa shape index (κ1) is 12.3. The normalized spacial score (nSPS) is 12.3. The highest BCUT2D eigenvalue weighted by Gasteiger charge is 2.20. The van der Waals surface area contributed by atoms with Gasteiger partial charge in [-0.15, -0.1) is 0 Å². The number of carbonyl (C=O) groups excluding carboxylic acids is 1. The number of hydrogen-bond donors (Lipinski definition) is 2. The Kier molecular flexibility index (Phi) is 3.38. The Morgan fingerprint density at radius 1 is 1.50 bits per heavy atom. The maximum Gasteiger partial charge on any atom is 0.275 e. The molecule has 0 aliphatic rings. The van der Waals surface area contributed by atoms with Crippen molar-refractivity contribution in [2.24, 2.45) is 5.84 Å². The van der Waals surface area contributed by atoms with Gasteiger partial charge >= 0.3 is 0 Å². The number of carbonyl (C=O) groups is 1. The van der Waals surface area contributed by atoms with Gasteiger partial charge in [-0.1, -0.05) is 25.1 Å². The van der Waals surface area contributed by atoms with Gasteiger partial charge in [0.1, 0.15) is 6.04 Å². The average Bonchev–Trinajstić information content (AvgIpc) is 2.42. The lowest BCUT2D eigenvalue weighted by Gasteiger charge is -2.15. The molecule has 1 unspecified atom stereocenters. The third-order valence-electron chi connectivity index (χ3n) is 2.85. The molecule has 0 saturated heterocycles. The van der Waals surface area contributed by atoms with Gasteiger partial charge in [0.15, 0.2) is 0 Å². The van der Waals surface area contributed by atoms with E-state index in [1.54, 1.807) is 31.3 Å². The van der Waals surface area contributed by atoms with Crippen LogP contribution in [0.25, 0.3) is 10.8 Å². The number of aromatic nitrogens is 2. The molecular weight excluding hydrogens is 232 g/mol. The quantitative estimate of drug-likeness (QED) is 0.464. The van der Waals surface area contributed by atoms with Gasteiger partial charge in [0.2, 0.25) is 0 Å². The Hall–Kier alpha value is -2.21. The summed E-state index contributed by atoms with van der Waals surface area (Å²) in [6, 6.07) is 6.43. The summed E-state index contributed by atoms with van der Waals surface area (Å²) in [6.45, 7) is 1.79. The maximum absolute atomic E-state index is 12.2. The van der Waals surface area contributed by atoms with Crippen molar-refractivity contribution in [3.63, 3.8) is 0 Å². The van der Waals surface area contributed by atoms with Crippen LogP contribution in [0.3, 0.4) is 0 Å². The Balaban J connectivity index is 2.61. The standard InChI is InChI=1S/C12H14N4O2/c1-2-10(11(17)15-13)16-12(18)9-6-4-3-5-8(9)7-14-16/h3-7,10H,2,13H2,1H3,(H,15,17). The van der Waals surface area contributed by atoms with Gasteiger partial charge in [-0.05, 0) is 12.5 Å². The van der Waals surface area contributed by atoms with Crippen LogP contribution >= 0.6 is 0 Å². The van der Waals surface area contributed by atoms with E-state index in [-0.39, 0.29) is 5.56 Å². The molecule has 6 heteroatoms. The molecule has 1 atom stereocenters. The van der Waals surface area contributed by atoms with E-state index in [1.165, 1.54) is 4.68 Å². The minimum absolute atomic E-state index is 0.288. The van der Waals surface area contributed by atoms with E-state index in [2.05, 4.69) is 10.5 Å². The number of nitrogens with one attached hydrogen (secondary N) is 1. The van der Waals surface area contributed by atoms with E-state index in [0.29, 0.717) is 11.8 Å². The van der Waals surface area contributed by atoms with Crippen molar-refractivity contribution in [3.8, 4) is 0 Å². The van der Waals surface area contributed by atoms with E-state index >= 15 is 0 Å². The summed E-state index contributed by atoms with van der Waals surface area (Å²) in [5.41, 5.74) is 1.76. The second-order valence-electron chi connectivity index (χ2n) is 3.91. The molecule has 1 aromatic carbocycles.